The summed E-state index contributed by atoms with van der Waals surface area (Å²) in [5, 5.41) is 1.07. The number of hydrazine groups is 1. The van der Waals surface area contributed by atoms with Gasteiger partial charge in [0.05, 0.1) is 28.0 Å². The van der Waals surface area contributed by atoms with Crippen molar-refractivity contribution in [3.8, 4) is 0 Å². The number of nitrogens with one attached hydrogen (secondary N) is 1. The van der Waals surface area contributed by atoms with E-state index in [0.717, 1.165) is 11.3 Å². The molecule has 1 aromatic heterocycles. The Hall–Kier alpha value is -1.20. The van der Waals surface area contributed by atoms with Crippen LogP contribution in [0.2, 0.25) is 10.0 Å². The van der Waals surface area contributed by atoms with Gasteiger partial charge in [0.15, 0.2) is 0 Å². The van der Waals surface area contributed by atoms with Crippen molar-refractivity contribution in [2.75, 3.05) is 0 Å². The molecular weight excluding hydrogens is 271 g/mol. The van der Waals surface area contributed by atoms with E-state index in [1.54, 1.807) is 24.7 Å². The van der Waals surface area contributed by atoms with Crippen LogP contribution in [0.5, 0.6) is 0 Å². The molecule has 6 heteroatoms. The zero-order chi connectivity index (χ0) is 13.0. The molecule has 0 aliphatic rings. The summed E-state index contributed by atoms with van der Waals surface area (Å²) in [7, 11) is 0. The molecular formula is C12H12Cl2N4. The molecule has 1 atom stereocenters. The number of hydrogen-bond donors (Lipinski definition) is 2. The Morgan fingerprint density at radius 1 is 1.22 bits per heavy atom. The fourth-order valence-electron chi connectivity index (χ4n) is 1.64. The first-order valence-corrected chi connectivity index (χ1v) is 6.12. The van der Waals surface area contributed by atoms with Gasteiger partial charge >= 0.3 is 0 Å². The van der Waals surface area contributed by atoms with E-state index in [1.807, 2.05) is 12.1 Å². The number of nitrogens with two attached hydrogens (primary N) is 1. The molecule has 0 bridgehead atoms. The third kappa shape index (κ3) is 3.17. The van der Waals surface area contributed by atoms with Crippen LogP contribution in [0.3, 0.4) is 0 Å². The first-order valence-electron chi connectivity index (χ1n) is 5.36. The summed E-state index contributed by atoms with van der Waals surface area (Å²) in [6, 6.07) is 5.39. The van der Waals surface area contributed by atoms with Crippen LogP contribution in [-0.4, -0.2) is 9.97 Å². The lowest BCUT2D eigenvalue weighted by atomic mass is 10.0. The molecule has 1 unspecified atom stereocenters. The SMILES string of the molecule is NNC(Cc1ccc(Cl)c(Cl)c1)c1cnccn1. The molecule has 4 nitrogen and oxygen atoms in total. The predicted octanol–water partition coefficient (Wildman–Crippen LogP) is 2.53. The molecule has 18 heavy (non-hydrogen) atoms. The minimum atomic E-state index is -0.115. The fraction of sp³-hybridized carbons (Fsp3) is 0.167. The molecule has 0 amide bonds. The second-order valence-corrected chi connectivity index (χ2v) is 4.62. The zero-order valence-corrected chi connectivity index (χ0v) is 11.0. The van der Waals surface area contributed by atoms with E-state index in [-0.39, 0.29) is 6.04 Å². The van der Waals surface area contributed by atoms with Crippen LogP contribution in [0, 0.1) is 0 Å². The van der Waals surface area contributed by atoms with Crippen LogP contribution in [0.25, 0.3) is 0 Å². The summed E-state index contributed by atoms with van der Waals surface area (Å²) in [6.07, 6.45) is 5.60. The number of hydrogen-bond acceptors (Lipinski definition) is 4. The van der Waals surface area contributed by atoms with Crippen LogP contribution in [0.1, 0.15) is 17.3 Å². The van der Waals surface area contributed by atoms with Crippen LogP contribution in [-0.2, 0) is 6.42 Å². The van der Waals surface area contributed by atoms with E-state index >= 15 is 0 Å². The molecule has 1 heterocycles. The van der Waals surface area contributed by atoms with Gasteiger partial charge in [-0.05, 0) is 24.1 Å². The number of aromatic nitrogens is 2. The Kier molecular flexibility index (Phi) is 4.49. The van der Waals surface area contributed by atoms with E-state index in [0.29, 0.717) is 16.5 Å². The average molecular weight is 283 g/mol. The van der Waals surface area contributed by atoms with Gasteiger partial charge in [-0.1, -0.05) is 29.3 Å². The van der Waals surface area contributed by atoms with Crippen molar-refractivity contribution in [1.29, 1.82) is 0 Å². The smallest absolute Gasteiger partial charge is 0.0772 e. The van der Waals surface area contributed by atoms with Gasteiger partial charge in [-0.3, -0.25) is 21.2 Å². The van der Waals surface area contributed by atoms with E-state index in [4.69, 9.17) is 29.0 Å². The molecule has 0 saturated heterocycles. The first-order chi connectivity index (χ1) is 8.70. The van der Waals surface area contributed by atoms with E-state index in [9.17, 15) is 0 Å². The number of halogens is 2. The summed E-state index contributed by atoms with van der Waals surface area (Å²) < 4.78 is 0. The third-order valence-corrected chi connectivity index (χ3v) is 3.30. The molecule has 0 spiro atoms. The van der Waals surface area contributed by atoms with E-state index in [1.165, 1.54) is 0 Å². The highest BCUT2D eigenvalue weighted by Gasteiger charge is 2.12. The Morgan fingerprint density at radius 3 is 2.67 bits per heavy atom. The Labute approximate surface area is 115 Å². The molecule has 3 N–H and O–H groups in total. The van der Waals surface area contributed by atoms with Crippen molar-refractivity contribution in [3.63, 3.8) is 0 Å². The highest BCUT2D eigenvalue weighted by molar-refractivity contribution is 6.42. The van der Waals surface area contributed by atoms with Gasteiger partial charge in [0.2, 0.25) is 0 Å². The summed E-state index contributed by atoms with van der Waals surface area (Å²) in [5.74, 6) is 5.54. The Bertz CT molecular complexity index is 519. The van der Waals surface area contributed by atoms with Crippen LogP contribution in [0.4, 0.5) is 0 Å². The standard InChI is InChI=1S/C12H12Cl2N4/c13-9-2-1-8(5-10(9)14)6-11(18-15)12-7-16-3-4-17-12/h1-5,7,11,18H,6,15H2. The average Bonchev–Trinajstić information content (AvgIpc) is 2.41. The van der Waals surface area contributed by atoms with E-state index in [2.05, 4.69) is 15.4 Å². The lowest BCUT2D eigenvalue weighted by Gasteiger charge is -2.15. The second-order valence-electron chi connectivity index (χ2n) is 3.80. The van der Waals surface area contributed by atoms with Gasteiger partial charge in [-0.2, -0.15) is 0 Å². The molecule has 0 aliphatic carbocycles. The fourth-order valence-corrected chi connectivity index (χ4v) is 1.96. The summed E-state index contributed by atoms with van der Waals surface area (Å²) in [6.45, 7) is 0. The summed E-state index contributed by atoms with van der Waals surface area (Å²) in [4.78, 5) is 8.24. The zero-order valence-electron chi connectivity index (χ0n) is 9.48. The van der Waals surface area contributed by atoms with Gasteiger partial charge < -0.3 is 0 Å². The van der Waals surface area contributed by atoms with Crippen molar-refractivity contribution in [2.24, 2.45) is 5.84 Å². The van der Waals surface area contributed by atoms with Crippen molar-refractivity contribution in [3.05, 3.63) is 58.1 Å². The maximum atomic E-state index is 5.97. The molecule has 0 aliphatic heterocycles. The monoisotopic (exact) mass is 282 g/mol. The quantitative estimate of drug-likeness (QED) is 0.668. The normalized spacial score (nSPS) is 12.4. The Balaban J connectivity index is 2.18. The minimum absolute atomic E-state index is 0.115. The van der Waals surface area contributed by atoms with Gasteiger partial charge in [-0.25, -0.2) is 0 Å². The van der Waals surface area contributed by atoms with Gasteiger partial charge in [0, 0.05) is 12.4 Å². The molecule has 0 fully saturated rings. The third-order valence-electron chi connectivity index (χ3n) is 2.57. The Morgan fingerprint density at radius 2 is 2.06 bits per heavy atom. The van der Waals surface area contributed by atoms with E-state index < -0.39 is 0 Å². The van der Waals surface area contributed by atoms with Crippen molar-refractivity contribution in [2.45, 2.75) is 12.5 Å². The molecule has 0 saturated carbocycles. The lowest BCUT2D eigenvalue weighted by Crippen LogP contribution is -2.30. The molecule has 2 rings (SSSR count). The van der Waals surface area contributed by atoms with Crippen molar-refractivity contribution in [1.82, 2.24) is 15.4 Å². The van der Waals surface area contributed by atoms with Crippen LogP contribution < -0.4 is 11.3 Å². The largest absolute Gasteiger partial charge is 0.271 e. The van der Waals surface area contributed by atoms with Crippen molar-refractivity contribution >= 4 is 23.2 Å². The molecule has 0 radical (unpaired) electrons. The van der Waals surface area contributed by atoms with Crippen LogP contribution >= 0.6 is 23.2 Å². The highest BCUT2D eigenvalue weighted by Crippen LogP contribution is 2.24. The highest BCUT2D eigenvalue weighted by atomic mass is 35.5. The maximum Gasteiger partial charge on any atom is 0.0772 e. The number of benzene rings is 1. The second kappa shape index (κ2) is 6.11. The first kappa shape index (κ1) is 13.2. The number of rotatable bonds is 4. The maximum absolute atomic E-state index is 5.97. The minimum Gasteiger partial charge on any atom is -0.271 e. The lowest BCUT2D eigenvalue weighted by molar-refractivity contribution is 0.536. The van der Waals surface area contributed by atoms with Crippen molar-refractivity contribution < 1.29 is 0 Å². The summed E-state index contributed by atoms with van der Waals surface area (Å²) >= 11 is 11.8. The molecule has 2 aromatic rings. The molecule has 1 aromatic carbocycles. The van der Waals surface area contributed by atoms with Crippen LogP contribution in [0.15, 0.2) is 36.8 Å². The predicted molar refractivity (Wildman–Crippen MR) is 72.3 cm³/mol. The van der Waals surface area contributed by atoms with Gasteiger partial charge in [-0.15, -0.1) is 0 Å². The van der Waals surface area contributed by atoms with Gasteiger partial charge in [0.25, 0.3) is 0 Å². The van der Waals surface area contributed by atoms with Gasteiger partial charge in [0.1, 0.15) is 0 Å². The summed E-state index contributed by atoms with van der Waals surface area (Å²) in [5.41, 5.74) is 4.53. The number of nitrogens with zero attached hydrogens (tertiary/aromatic N) is 2. The molecule has 94 valence electrons. The topological polar surface area (TPSA) is 63.8 Å².